The van der Waals surface area contributed by atoms with Gasteiger partial charge in [0.15, 0.2) is 11.6 Å². The van der Waals surface area contributed by atoms with Crippen molar-refractivity contribution in [3.05, 3.63) is 179 Å². The number of cyclic esters (lactones) is 1. The van der Waals surface area contributed by atoms with Gasteiger partial charge in [0.25, 0.3) is 23.6 Å². The predicted octanol–water partition coefficient (Wildman–Crippen LogP) is 12.8. The topological polar surface area (TPSA) is 164 Å². The number of rotatable bonds is 8. The first-order valence-electron chi connectivity index (χ1n) is 26.9. The van der Waals surface area contributed by atoms with Gasteiger partial charge in [0.1, 0.15) is 0 Å². The molecule has 0 unspecified atom stereocenters. The summed E-state index contributed by atoms with van der Waals surface area (Å²) < 4.78 is 4.51. The van der Waals surface area contributed by atoms with Crippen LogP contribution in [0, 0.1) is 6.07 Å². The molecule has 2 N–H and O–H groups in total. The van der Waals surface area contributed by atoms with E-state index in [9.17, 15) is 33.6 Å². The standard InChI is InChI=1S/C17H13NO3.C10H12O2.C8H5NO2.C6H5.C4H6O2.9C2H6.Li/c19-15(12-6-2-1-3-7-12)10-11-18-16(20)13-8-4-5-9-14(13)17(18)21;11-8-4-7-10(12)9-5-2-1-3-6-9;10-7-5-3-1-2-4-6(5)8(11)9-7;1-2-4-6-5-3-1;5-4-2-1-3-6-4;9*1-2;/h1-9H,10-11H2;1-3,5-6,11H,4,7-8H2;1-4H,(H,9,10,11);1-5H;1-3H2;9*1-2H3;/q;;;-1;;;;;;;;;;;+1. The molecule has 3 aliphatic rings. The van der Waals surface area contributed by atoms with Crippen molar-refractivity contribution in [1.82, 2.24) is 10.2 Å². The van der Waals surface area contributed by atoms with Crippen LogP contribution in [0.1, 0.15) is 219 Å². The molecular formula is C63H95LiN2O9. The second-order valence-corrected chi connectivity index (χ2v) is 12.2. The van der Waals surface area contributed by atoms with E-state index in [0.717, 1.165) is 16.9 Å². The van der Waals surface area contributed by atoms with Crippen LogP contribution in [-0.4, -0.2) is 70.9 Å². The van der Waals surface area contributed by atoms with Gasteiger partial charge in [-0.3, -0.25) is 43.8 Å². The van der Waals surface area contributed by atoms with E-state index in [1.807, 2.05) is 179 Å². The molecule has 0 radical (unpaired) electrons. The SMILES string of the molecule is CC.CC.CC.CC.CC.CC.CC.CC.CC.O=C(CCCO)c1ccccc1.O=C(CCN1C(=O)c2ccccc2C1=O)c1ccccc1.O=C1CCCO1.O=C1NC(=O)c2ccccc21.[Li+].[c-]1ccccc1. The van der Waals surface area contributed by atoms with Gasteiger partial charge >= 0.3 is 24.8 Å². The van der Waals surface area contributed by atoms with Crippen LogP contribution < -0.4 is 24.2 Å². The first-order valence-corrected chi connectivity index (χ1v) is 26.9. The van der Waals surface area contributed by atoms with Crippen molar-refractivity contribution in [3.8, 4) is 0 Å². The van der Waals surface area contributed by atoms with E-state index in [1.54, 1.807) is 84.9 Å². The van der Waals surface area contributed by atoms with E-state index in [0.29, 0.717) is 53.7 Å². The number of ether oxygens (including phenoxy) is 1. The number of hydrogen-bond donors (Lipinski definition) is 2. The summed E-state index contributed by atoms with van der Waals surface area (Å²) in [7, 11) is 0. The molecule has 11 nitrogen and oxygen atoms in total. The Hall–Kier alpha value is -6.25. The minimum absolute atomic E-state index is 0. The number of aliphatic hydroxyl groups is 1. The quantitative estimate of drug-likeness (QED) is 0.0506. The van der Waals surface area contributed by atoms with Gasteiger partial charge in [-0.1, -0.05) is 210 Å². The Morgan fingerprint density at radius 1 is 0.493 bits per heavy atom. The summed E-state index contributed by atoms with van der Waals surface area (Å²) >= 11 is 0. The summed E-state index contributed by atoms with van der Waals surface area (Å²) in [6.45, 7) is 36.8. The Kier molecular flexibility index (Phi) is 68.5. The maximum atomic E-state index is 12.1. The van der Waals surface area contributed by atoms with Gasteiger partial charge in [-0.25, -0.2) is 0 Å². The third-order valence-corrected chi connectivity index (χ3v) is 8.23. The normalized spacial score (nSPS) is 10.5. The minimum atomic E-state index is -0.323. The van der Waals surface area contributed by atoms with Gasteiger partial charge < -0.3 is 9.84 Å². The van der Waals surface area contributed by atoms with Crippen molar-refractivity contribution in [2.45, 2.75) is 157 Å². The third kappa shape index (κ3) is 36.4. The van der Waals surface area contributed by atoms with E-state index >= 15 is 0 Å². The van der Waals surface area contributed by atoms with Crippen molar-refractivity contribution >= 4 is 41.2 Å². The number of nitrogens with one attached hydrogen (secondary N) is 1. The zero-order valence-electron chi connectivity index (χ0n) is 49.6. The summed E-state index contributed by atoms with van der Waals surface area (Å²) in [6, 6.07) is 44.0. The Morgan fingerprint density at radius 3 is 1.11 bits per heavy atom. The first kappa shape index (κ1) is 82.8. The maximum Gasteiger partial charge on any atom is 1.00 e. The van der Waals surface area contributed by atoms with Crippen LogP contribution in [0.25, 0.3) is 0 Å². The van der Waals surface area contributed by atoms with Crippen molar-refractivity contribution < 1.29 is 62.3 Å². The Bertz CT molecular complexity index is 2010. The molecule has 75 heavy (non-hydrogen) atoms. The van der Waals surface area contributed by atoms with Crippen LogP contribution in [0.3, 0.4) is 0 Å². The average molecular weight is 1030 g/mol. The number of benzene rings is 5. The molecule has 5 aromatic carbocycles. The van der Waals surface area contributed by atoms with Gasteiger partial charge in [-0.05, 0) is 37.1 Å². The largest absolute Gasteiger partial charge is 1.00 e. The van der Waals surface area contributed by atoms with Gasteiger partial charge in [0, 0.05) is 43.5 Å². The summed E-state index contributed by atoms with van der Waals surface area (Å²) in [5.41, 5.74) is 3.08. The molecule has 3 heterocycles. The molecular weight excluding hydrogens is 936 g/mol. The Balaban J connectivity index is -0.000000150. The summed E-state index contributed by atoms with van der Waals surface area (Å²) in [4.78, 5) is 80.7. The van der Waals surface area contributed by atoms with Crippen molar-refractivity contribution in [2.75, 3.05) is 19.8 Å². The molecule has 0 aliphatic carbocycles. The first-order chi connectivity index (χ1) is 36.2. The Morgan fingerprint density at radius 2 is 0.827 bits per heavy atom. The molecule has 8 rings (SSSR count). The minimum Gasteiger partial charge on any atom is -0.466 e. The molecule has 0 aromatic heterocycles. The molecule has 4 amide bonds. The number of amides is 4. The molecule has 0 saturated carbocycles. The fraction of sp³-hybridized carbons (Fsp3) is 0.413. The zero-order valence-corrected chi connectivity index (χ0v) is 49.6. The van der Waals surface area contributed by atoms with Gasteiger partial charge in [-0.2, -0.15) is 36.4 Å². The number of ketones is 2. The van der Waals surface area contributed by atoms with E-state index in [2.05, 4.69) is 16.1 Å². The van der Waals surface area contributed by atoms with Crippen LogP contribution in [0.5, 0.6) is 0 Å². The number of carbonyl (C=O) groups is 7. The molecule has 12 heteroatoms. The van der Waals surface area contributed by atoms with E-state index in [-0.39, 0.29) is 79.6 Å². The molecule has 3 aliphatic heterocycles. The third-order valence-electron chi connectivity index (χ3n) is 8.23. The summed E-state index contributed by atoms with van der Waals surface area (Å²) in [5, 5.41) is 10.7. The molecule has 0 bridgehead atoms. The second-order valence-electron chi connectivity index (χ2n) is 12.2. The zero-order chi connectivity index (χ0) is 58.1. The predicted molar refractivity (Wildman–Crippen MR) is 310 cm³/mol. The van der Waals surface area contributed by atoms with E-state index < -0.39 is 0 Å². The maximum absolute atomic E-state index is 12.1. The molecule has 0 atom stereocenters. The van der Waals surface area contributed by atoms with Crippen molar-refractivity contribution in [1.29, 1.82) is 0 Å². The van der Waals surface area contributed by atoms with Crippen LogP contribution in [0.2, 0.25) is 0 Å². The summed E-state index contributed by atoms with van der Waals surface area (Å²) in [6.07, 6.45) is 2.66. The number of Topliss-reactive ketones (excluding diaryl/α,β-unsaturated/α-hetero) is 2. The fourth-order valence-electron chi connectivity index (χ4n) is 5.37. The second kappa shape index (κ2) is 62.0. The van der Waals surface area contributed by atoms with E-state index in [4.69, 9.17) is 5.11 Å². The number of esters is 1. The molecule has 412 valence electrons. The number of aliphatic hydroxyl groups excluding tert-OH is 1. The van der Waals surface area contributed by atoms with Gasteiger partial charge in [-0.15, -0.1) is 0 Å². The molecule has 1 saturated heterocycles. The number of imide groups is 2. The number of nitrogens with zero attached hydrogens (tertiary/aromatic N) is 1. The smallest absolute Gasteiger partial charge is 0.466 e. The van der Waals surface area contributed by atoms with Crippen LogP contribution in [-0.2, 0) is 9.53 Å². The van der Waals surface area contributed by atoms with Crippen molar-refractivity contribution in [2.24, 2.45) is 0 Å². The summed E-state index contributed by atoms with van der Waals surface area (Å²) in [5.74, 6) is -1.27. The van der Waals surface area contributed by atoms with Crippen LogP contribution >= 0.6 is 0 Å². The molecule has 5 aromatic rings. The van der Waals surface area contributed by atoms with E-state index in [1.165, 1.54) is 0 Å². The average Bonchev–Trinajstić information content (AvgIpc) is 4.19. The van der Waals surface area contributed by atoms with Crippen LogP contribution in [0.15, 0.2) is 140 Å². The number of carbonyl (C=O) groups excluding carboxylic acids is 7. The molecule has 1 fully saturated rings. The number of fused-ring (bicyclic) bond motifs is 2. The number of hydrogen-bond acceptors (Lipinski definition) is 9. The fourth-order valence-corrected chi connectivity index (χ4v) is 5.37. The monoisotopic (exact) mass is 1030 g/mol. The van der Waals surface area contributed by atoms with Crippen LogP contribution in [0.4, 0.5) is 0 Å². The Labute approximate surface area is 466 Å². The molecule has 0 spiro atoms. The van der Waals surface area contributed by atoms with Gasteiger partial charge in [0.2, 0.25) is 0 Å². The van der Waals surface area contributed by atoms with Gasteiger partial charge in [0.05, 0.1) is 28.9 Å². The van der Waals surface area contributed by atoms with Crippen molar-refractivity contribution in [3.63, 3.8) is 0 Å².